The van der Waals surface area contributed by atoms with Crippen molar-refractivity contribution in [1.82, 2.24) is 10.2 Å². The van der Waals surface area contributed by atoms with Crippen LogP contribution in [0.3, 0.4) is 0 Å². The summed E-state index contributed by atoms with van der Waals surface area (Å²) in [5, 5.41) is 3.03. The molecule has 1 unspecified atom stereocenters. The lowest BCUT2D eigenvalue weighted by molar-refractivity contribution is -0.123. The number of nitrogens with two attached hydrogens (primary N) is 1. The van der Waals surface area contributed by atoms with E-state index in [2.05, 4.69) is 10.2 Å². The number of rotatable bonds is 6. The first-order chi connectivity index (χ1) is 11.0. The molecule has 1 fully saturated rings. The van der Waals surface area contributed by atoms with Gasteiger partial charge >= 0.3 is 0 Å². The van der Waals surface area contributed by atoms with E-state index in [0.717, 1.165) is 43.0 Å². The minimum Gasteiger partial charge on any atom is -0.497 e. The second-order valence-electron chi connectivity index (χ2n) is 6.01. The normalized spacial score (nSPS) is 17.6. The number of carbonyl (C=O) groups is 1. The molecule has 0 radical (unpaired) electrons. The van der Waals surface area contributed by atoms with Crippen molar-refractivity contribution < 1.29 is 14.3 Å². The van der Waals surface area contributed by atoms with Gasteiger partial charge in [0.1, 0.15) is 11.5 Å². The smallest absolute Gasteiger partial charge is 0.234 e. The summed E-state index contributed by atoms with van der Waals surface area (Å²) in [4.78, 5) is 14.4. The zero-order valence-electron chi connectivity index (χ0n) is 14.2. The highest BCUT2D eigenvalue weighted by molar-refractivity contribution is 5.78. The first-order valence-corrected chi connectivity index (χ1v) is 8.02. The van der Waals surface area contributed by atoms with E-state index in [9.17, 15) is 4.79 Å². The predicted octanol–water partition coefficient (Wildman–Crippen LogP) is 1.30. The third-order valence-electron chi connectivity index (χ3n) is 4.28. The third kappa shape index (κ3) is 4.84. The molecule has 1 saturated heterocycles. The second-order valence-corrected chi connectivity index (χ2v) is 6.01. The van der Waals surface area contributed by atoms with Crippen LogP contribution in [-0.2, 0) is 4.79 Å². The summed E-state index contributed by atoms with van der Waals surface area (Å²) in [6, 6.07) is 5.70. The molecule has 0 saturated carbocycles. The fourth-order valence-electron chi connectivity index (χ4n) is 2.86. The Morgan fingerprint density at radius 2 is 2.04 bits per heavy atom. The molecule has 1 atom stereocenters. The van der Waals surface area contributed by atoms with Gasteiger partial charge in [0.05, 0.1) is 26.8 Å². The number of piperidine rings is 1. The SMILES string of the molecule is COc1ccc(OC)c(C(C)NC(=O)CN2CCC(N)CC2)c1. The van der Waals surface area contributed by atoms with Gasteiger partial charge in [0.25, 0.3) is 0 Å². The molecule has 23 heavy (non-hydrogen) atoms. The quantitative estimate of drug-likeness (QED) is 0.826. The number of likely N-dealkylation sites (tertiary alicyclic amines) is 1. The fourth-order valence-corrected chi connectivity index (χ4v) is 2.86. The molecule has 6 nitrogen and oxygen atoms in total. The molecule has 0 bridgehead atoms. The van der Waals surface area contributed by atoms with Crippen molar-refractivity contribution >= 4 is 5.91 Å². The van der Waals surface area contributed by atoms with Gasteiger partial charge in [-0.25, -0.2) is 0 Å². The fraction of sp³-hybridized carbons (Fsp3) is 0.588. The van der Waals surface area contributed by atoms with Gasteiger partial charge in [0.15, 0.2) is 0 Å². The predicted molar refractivity (Wildman–Crippen MR) is 89.8 cm³/mol. The summed E-state index contributed by atoms with van der Waals surface area (Å²) in [6.45, 7) is 4.11. The van der Waals surface area contributed by atoms with E-state index in [1.54, 1.807) is 14.2 Å². The first kappa shape index (κ1) is 17.6. The van der Waals surface area contributed by atoms with Gasteiger partial charge in [0, 0.05) is 24.7 Å². The van der Waals surface area contributed by atoms with Gasteiger partial charge in [-0.05, 0) is 38.0 Å². The third-order valence-corrected chi connectivity index (χ3v) is 4.28. The van der Waals surface area contributed by atoms with Gasteiger partial charge < -0.3 is 20.5 Å². The van der Waals surface area contributed by atoms with E-state index in [-0.39, 0.29) is 18.0 Å². The standard InChI is InChI=1S/C17H27N3O3/c1-12(15-10-14(22-2)4-5-16(15)23-3)19-17(21)11-20-8-6-13(18)7-9-20/h4-5,10,12-13H,6-9,11,18H2,1-3H3,(H,19,21). The highest BCUT2D eigenvalue weighted by Crippen LogP contribution is 2.29. The maximum atomic E-state index is 12.3. The summed E-state index contributed by atoms with van der Waals surface area (Å²) in [5.41, 5.74) is 6.79. The lowest BCUT2D eigenvalue weighted by Gasteiger charge is -2.30. The zero-order valence-corrected chi connectivity index (χ0v) is 14.2. The van der Waals surface area contributed by atoms with E-state index < -0.39 is 0 Å². The average molecular weight is 321 g/mol. The number of ether oxygens (including phenoxy) is 2. The van der Waals surface area contributed by atoms with Crippen molar-refractivity contribution in [1.29, 1.82) is 0 Å². The molecular weight excluding hydrogens is 294 g/mol. The molecule has 2 rings (SSSR count). The summed E-state index contributed by atoms with van der Waals surface area (Å²) in [5.74, 6) is 1.49. The Kier molecular flexibility index (Phi) is 6.24. The maximum absolute atomic E-state index is 12.3. The van der Waals surface area contributed by atoms with Crippen molar-refractivity contribution in [2.45, 2.75) is 31.8 Å². The topological polar surface area (TPSA) is 76.8 Å². The number of carbonyl (C=O) groups excluding carboxylic acids is 1. The molecule has 1 aliphatic heterocycles. The Balaban J connectivity index is 1.95. The van der Waals surface area contributed by atoms with Crippen molar-refractivity contribution in [3.8, 4) is 11.5 Å². The van der Waals surface area contributed by atoms with Gasteiger partial charge in [-0.2, -0.15) is 0 Å². The zero-order chi connectivity index (χ0) is 16.8. The van der Waals surface area contributed by atoms with Gasteiger partial charge in [-0.1, -0.05) is 0 Å². The number of methoxy groups -OCH3 is 2. The molecule has 0 aliphatic carbocycles. The molecule has 1 heterocycles. The van der Waals surface area contributed by atoms with Gasteiger partial charge in [-0.3, -0.25) is 9.69 Å². The average Bonchev–Trinajstić information content (AvgIpc) is 2.56. The molecule has 1 aromatic rings. The lowest BCUT2D eigenvalue weighted by atomic mass is 10.1. The number of nitrogens with one attached hydrogen (secondary N) is 1. The van der Waals surface area contributed by atoms with E-state index >= 15 is 0 Å². The van der Waals surface area contributed by atoms with Crippen LogP contribution in [0.4, 0.5) is 0 Å². The summed E-state index contributed by atoms with van der Waals surface area (Å²) in [7, 11) is 3.24. The van der Waals surface area contributed by atoms with Crippen molar-refractivity contribution in [2.75, 3.05) is 33.9 Å². The monoisotopic (exact) mass is 321 g/mol. The van der Waals surface area contributed by atoms with E-state index in [1.807, 2.05) is 25.1 Å². The van der Waals surface area contributed by atoms with Crippen molar-refractivity contribution in [3.05, 3.63) is 23.8 Å². The summed E-state index contributed by atoms with van der Waals surface area (Å²) in [6.07, 6.45) is 1.90. The lowest BCUT2D eigenvalue weighted by Crippen LogP contribution is -2.44. The molecule has 1 aliphatic rings. The minimum absolute atomic E-state index is 0.0119. The van der Waals surface area contributed by atoms with Crippen LogP contribution in [0.5, 0.6) is 11.5 Å². The number of amides is 1. The van der Waals surface area contributed by atoms with Crippen molar-refractivity contribution in [3.63, 3.8) is 0 Å². The van der Waals surface area contributed by atoms with Crippen LogP contribution in [0.2, 0.25) is 0 Å². The Hall–Kier alpha value is -1.79. The Morgan fingerprint density at radius 1 is 1.35 bits per heavy atom. The number of nitrogens with zero attached hydrogens (tertiary/aromatic N) is 1. The molecule has 128 valence electrons. The van der Waals surface area contributed by atoms with Crippen LogP contribution in [0.15, 0.2) is 18.2 Å². The molecular formula is C17H27N3O3. The minimum atomic E-state index is -0.153. The second kappa shape index (κ2) is 8.17. The van der Waals surface area contributed by atoms with Crippen LogP contribution in [0.25, 0.3) is 0 Å². The van der Waals surface area contributed by atoms with Crippen LogP contribution in [0, 0.1) is 0 Å². The Labute approximate surface area is 137 Å². The van der Waals surface area contributed by atoms with E-state index in [4.69, 9.17) is 15.2 Å². The van der Waals surface area contributed by atoms with Crippen LogP contribution in [-0.4, -0.2) is 50.7 Å². The van der Waals surface area contributed by atoms with E-state index in [1.165, 1.54) is 0 Å². The number of hydrogen-bond donors (Lipinski definition) is 2. The first-order valence-electron chi connectivity index (χ1n) is 8.02. The maximum Gasteiger partial charge on any atom is 0.234 e. The Bertz CT molecular complexity index is 528. The number of benzene rings is 1. The largest absolute Gasteiger partial charge is 0.497 e. The molecule has 6 heteroatoms. The van der Waals surface area contributed by atoms with Crippen molar-refractivity contribution in [2.24, 2.45) is 5.73 Å². The summed E-state index contributed by atoms with van der Waals surface area (Å²) >= 11 is 0. The molecule has 3 N–H and O–H groups in total. The van der Waals surface area contributed by atoms with Gasteiger partial charge in [-0.15, -0.1) is 0 Å². The molecule has 0 spiro atoms. The van der Waals surface area contributed by atoms with Crippen LogP contribution >= 0.6 is 0 Å². The highest BCUT2D eigenvalue weighted by Gasteiger charge is 2.20. The van der Waals surface area contributed by atoms with Crippen LogP contribution < -0.4 is 20.5 Å². The molecule has 0 aromatic heterocycles. The van der Waals surface area contributed by atoms with Gasteiger partial charge in [0.2, 0.25) is 5.91 Å². The molecule has 1 aromatic carbocycles. The molecule has 1 amide bonds. The Morgan fingerprint density at radius 3 is 2.65 bits per heavy atom. The highest BCUT2D eigenvalue weighted by atomic mass is 16.5. The van der Waals surface area contributed by atoms with Crippen LogP contribution in [0.1, 0.15) is 31.4 Å². The summed E-state index contributed by atoms with van der Waals surface area (Å²) < 4.78 is 10.6. The van der Waals surface area contributed by atoms with E-state index in [0.29, 0.717) is 6.54 Å². The number of hydrogen-bond acceptors (Lipinski definition) is 5.